The first kappa shape index (κ1) is 30.1. The number of hydrogen-bond acceptors (Lipinski definition) is 5. The predicted molar refractivity (Wildman–Crippen MR) is 156 cm³/mol. The molecular formula is C32H39FN4O4. The van der Waals surface area contributed by atoms with Gasteiger partial charge in [-0.15, -0.1) is 0 Å². The molecule has 3 heterocycles. The minimum absolute atomic E-state index is 0.0829. The molecule has 0 saturated carbocycles. The summed E-state index contributed by atoms with van der Waals surface area (Å²) in [7, 11) is 0. The molecule has 8 nitrogen and oxygen atoms in total. The minimum Gasteiger partial charge on any atom is -0.481 e. The second kappa shape index (κ2) is 13.2. The fourth-order valence-corrected chi connectivity index (χ4v) is 5.54. The normalized spacial score (nSPS) is 16.7. The zero-order valence-electron chi connectivity index (χ0n) is 24.1. The number of aryl methyl sites for hydroxylation is 2. The lowest BCUT2D eigenvalue weighted by molar-refractivity contribution is -0.138. The van der Waals surface area contributed by atoms with Gasteiger partial charge >= 0.3 is 5.97 Å². The van der Waals surface area contributed by atoms with E-state index in [1.165, 1.54) is 10.6 Å². The lowest BCUT2D eigenvalue weighted by Gasteiger charge is -2.39. The summed E-state index contributed by atoms with van der Waals surface area (Å²) in [5.74, 6) is -1.42. The van der Waals surface area contributed by atoms with Crippen LogP contribution in [0.25, 0.3) is 11.1 Å². The van der Waals surface area contributed by atoms with Gasteiger partial charge in [0.15, 0.2) is 0 Å². The highest BCUT2D eigenvalue weighted by Gasteiger charge is 2.30. The number of likely N-dealkylation sites (tertiary alicyclic amines) is 1. The maximum atomic E-state index is 13.8. The number of aliphatic carboxylic acids is 1. The highest BCUT2D eigenvalue weighted by atomic mass is 19.1. The smallest absolute Gasteiger partial charge is 0.305 e. The number of halogens is 1. The Morgan fingerprint density at radius 2 is 1.88 bits per heavy atom. The molecule has 3 aromatic rings. The van der Waals surface area contributed by atoms with E-state index in [-0.39, 0.29) is 23.9 Å². The molecule has 0 spiro atoms. The fraction of sp³-hybridized carbons (Fsp3) is 0.438. The molecule has 3 atom stereocenters. The number of carboxylic acids is 1. The Hall–Kier alpha value is -3.85. The molecule has 2 aromatic heterocycles. The highest BCUT2D eigenvalue weighted by molar-refractivity contribution is 5.82. The molecule has 4 rings (SSSR count). The third-order valence-corrected chi connectivity index (χ3v) is 7.79. The van der Waals surface area contributed by atoms with Gasteiger partial charge in [0.25, 0.3) is 5.56 Å². The second-order valence-electron chi connectivity index (χ2n) is 11.4. The molecule has 0 radical (unpaired) electrons. The van der Waals surface area contributed by atoms with Crippen LogP contribution in [0.2, 0.25) is 0 Å². The van der Waals surface area contributed by atoms with Crippen molar-refractivity contribution in [3.8, 4) is 11.1 Å². The van der Waals surface area contributed by atoms with E-state index in [0.717, 1.165) is 40.8 Å². The van der Waals surface area contributed by atoms with Crippen LogP contribution in [0.5, 0.6) is 0 Å². The first-order chi connectivity index (χ1) is 19.6. The van der Waals surface area contributed by atoms with Gasteiger partial charge in [-0.05, 0) is 66.5 Å². The van der Waals surface area contributed by atoms with Crippen molar-refractivity contribution >= 4 is 11.9 Å². The number of nitrogens with one attached hydrogen (secondary N) is 1. The number of rotatable bonds is 12. The van der Waals surface area contributed by atoms with Crippen LogP contribution in [0.15, 0.2) is 59.8 Å². The van der Waals surface area contributed by atoms with Crippen molar-refractivity contribution in [3.63, 3.8) is 0 Å². The van der Waals surface area contributed by atoms with E-state index >= 15 is 0 Å². The molecule has 1 aliphatic heterocycles. The summed E-state index contributed by atoms with van der Waals surface area (Å²) in [4.78, 5) is 45.1. The molecule has 2 unspecified atom stereocenters. The summed E-state index contributed by atoms with van der Waals surface area (Å²) in [5, 5.41) is 12.6. The van der Waals surface area contributed by atoms with Crippen LogP contribution in [0, 0.1) is 19.8 Å². The van der Waals surface area contributed by atoms with Gasteiger partial charge in [0, 0.05) is 49.4 Å². The molecule has 9 heteroatoms. The number of amides is 1. The number of carbonyl (C=O) groups excluding carboxylic acids is 1. The standard InChI is InChI=1S/C32H39FN4O4/c1-20(2)12-28(37-19-23(8-9-29(37)38)18-36-11-10-26(36)15-33)32(41)35-27(14-30(39)40)24-13-25(17-34-16-24)31-21(3)6-5-7-22(31)4/h5-9,13,16-17,19-20,26-28H,10-12,14-15,18H2,1-4H3,(H,35,41)(H,39,40)/t26?,27-,28?/m0/s1. The van der Waals surface area contributed by atoms with Crippen molar-refractivity contribution in [1.29, 1.82) is 0 Å². The van der Waals surface area contributed by atoms with E-state index in [2.05, 4.69) is 10.3 Å². The van der Waals surface area contributed by atoms with Crippen LogP contribution >= 0.6 is 0 Å². The predicted octanol–water partition coefficient (Wildman–Crippen LogP) is 4.99. The first-order valence-electron chi connectivity index (χ1n) is 14.1. The number of pyridine rings is 2. The Labute approximate surface area is 240 Å². The maximum Gasteiger partial charge on any atom is 0.305 e. The fourth-order valence-electron chi connectivity index (χ4n) is 5.54. The second-order valence-corrected chi connectivity index (χ2v) is 11.4. The Morgan fingerprint density at radius 1 is 1.15 bits per heavy atom. The quantitative estimate of drug-likeness (QED) is 0.322. The average Bonchev–Trinajstić information content (AvgIpc) is 2.90. The number of alkyl halides is 1. The van der Waals surface area contributed by atoms with Crippen molar-refractivity contribution < 1.29 is 19.1 Å². The molecule has 0 aliphatic carbocycles. The average molecular weight is 563 g/mol. The van der Waals surface area contributed by atoms with Gasteiger partial charge in [-0.2, -0.15) is 0 Å². The van der Waals surface area contributed by atoms with E-state index in [1.54, 1.807) is 24.7 Å². The van der Waals surface area contributed by atoms with Gasteiger partial charge in [0.2, 0.25) is 5.91 Å². The van der Waals surface area contributed by atoms with E-state index in [9.17, 15) is 23.9 Å². The van der Waals surface area contributed by atoms with E-state index < -0.39 is 30.6 Å². The zero-order valence-corrected chi connectivity index (χ0v) is 24.1. The van der Waals surface area contributed by atoms with Crippen LogP contribution in [0.1, 0.15) is 67.4 Å². The highest BCUT2D eigenvalue weighted by Crippen LogP contribution is 2.30. The molecule has 2 N–H and O–H groups in total. The number of hydrogen-bond donors (Lipinski definition) is 2. The summed E-state index contributed by atoms with van der Waals surface area (Å²) in [6, 6.07) is 9.21. The van der Waals surface area contributed by atoms with Gasteiger partial charge in [0.1, 0.15) is 12.7 Å². The lowest BCUT2D eigenvalue weighted by Crippen LogP contribution is -2.48. The zero-order chi connectivity index (χ0) is 29.7. The molecule has 0 bridgehead atoms. The number of benzene rings is 1. The number of nitrogens with zero attached hydrogens (tertiary/aromatic N) is 3. The third-order valence-electron chi connectivity index (χ3n) is 7.79. The summed E-state index contributed by atoms with van der Waals surface area (Å²) < 4.78 is 14.7. The number of carbonyl (C=O) groups is 2. The van der Waals surface area contributed by atoms with Crippen LogP contribution in [0.4, 0.5) is 4.39 Å². The summed E-state index contributed by atoms with van der Waals surface area (Å²) in [6.45, 7) is 8.81. The molecule has 1 aliphatic rings. The number of aromatic nitrogens is 2. The molecule has 1 amide bonds. The van der Waals surface area contributed by atoms with Crippen molar-refractivity contribution in [2.75, 3.05) is 13.2 Å². The van der Waals surface area contributed by atoms with Gasteiger partial charge in [0.05, 0.1) is 12.5 Å². The Kier molecular flexibility index (Phi) is 9.70. The summed E-state index contributed by atoms with van der Waals surface area (Å²) in [5.41, 5.74) is 5.04. The summed E-state index contributed by atoms with van der Waals surface area (Å²) in [6.07, 6.45) is 5.83. The van der Waals surface area contributed by atoms with Crippen LogP contribution in [-0.4, -0.2) is 50.7 Å². The molecule has 1 aromatic carbocycles. The first-order valence-corrected chi connectivity index (χ1v) is 14.1. The van der Waals surface area contributed by atoms with E-state index in [0.29, 0.717) is 18.5 Å². The van der Waals surface area contributed by atoms with Crippen molar-refractivity contribution in [2.45, 2.75) is 71.6 Å². The Morgan fingerprint density at radius 3 is 2.49 bits per heavy atom. The topological polar surface area (TPSA) is 105 Å². The lowest BCUT2D eigenvalue weighted by atomic mass is 9.94. The van der Waals surface area contributed by atoms with Crippen molar-refractivity contribution in [3.05, 3.63) is 87.6 Å². The van der Waals surface area contributed by atoms with Crippen molar-refractivity contribution in [1.82, 2.24) is 19.8 Å². The Balaban J connectivity index is 1.64. The largest absolute Gasteiger partial charge is 0.481 e. The van der Waals surface area contributed by atoms with Crippen molar-refractivity contribution in [2.24, 2.45) is 5.92 Å². The molecular weight excluding hydrogens is 523 g/mol. The van der Waals surface area contributed by atoms with Gasteiger partial charge < -0.3 is 15.0 Å². The van der Waals surface area contributed by atoms with Crippen LogP contribution in [-0.2, 0) is 16.1 Å². The van der Waals surface area contributed by atoms with Gasteiger partial charge in [-0.1, -0.05) is 38.1 Å². The van der Waals surface area contributed by atoms with Gasteiger partial charge in [-0.25, -0.2) is 4.39 Å². The molecule has 1 fully saturated rings. The molecule has 218 valence electrons. The van der Waals surface area contributed by atoms with E-state index in [4.69, 9.17) is 0 Å². The van der Waals surface area contributed by atoms with E-state index in [1.807, 2.05) is 56.9 Å². The monoisotopic (exact) mass is 562 g/mol. The number of carboxylic acid groups (broad SMARTS) is 1. The third kappa shape index (κ3) is 7.27. The maximum absolute atomic E-state index is 13.8. The SMILES string of the molecule is Cc1cccc(C)c1-c1cncc([C@H](CC(=O)O)NC(=O)C(CC(C)C)n2cc(CN3CCC3CF)ccc2=O)c1. The summed E-state index contributed by atoms with van der Waals surface area (Å²) >= 11 is 0. The minimum atomic E-state index is -1.07. The molecule has 41 heavy (non-hydrogen) atoms. The van der Waals surface area contributed by atoms with Gasteiger partial charge in [-0.3, -0.25) is 24.3 Å². The van der Waals surface area contributed by atoms with Crippen LogP contribution in [0.3, 0.4) is 0 Å². The molecule has 1 saturated heterocycles. The van der Waals surface area contributed by atoms with Crippen LogP contribution < -0.4 is 10.9 Å². The Bertz CT molecular complexity index is 1430.